The molecule has 0 bridgehead atoms. The van der Waals surface area contributed by atoms with E-state index in [0.29, 0.717) is 5.75 Å². The summed E-state index contributed by atoms with van der Waals surface area (Å²) >= 11 is 3.32. The molecule has 1 saturated heterocycles. The highest BCUT2D eigenvalue weighted by molar-refractivity contribution is 9.10. The van der Waals surface area contributed by atoms with E-state index >= 15 is 0 Å². The fourth-order valence-electron chi connectivity index (χ4n) is 1.88. The zero-order valence-electron chi connectivity index (χ0n) is 9.22. The summed E-state index contributed by atoms with van der Waals surface area (Å²) in [5.74, 6) is 0.0294. The van der Waals surface area contributed by atoms with Crippen LogP contribution < -0.4 is 10.1 Å². The number of hydrogen-bond acceptors (Lipinski definition) is 2. The largest absolute Gasteiger partial charge is 0.484 e. The molecule has 1 aliphatic heterocycles. The predicted molar refractivity (Wildman–Crippen MR) is 65.2 cm³/mol. The Morgan fingerprint density at radius 3 is 2.75 bits per heavy atom. The Morgan fingerprint density at radius 2 is 2.06 bits per heavy atom. The fourth-order valence-corrected chi connectivity index (χ4v) is 2.22. The molecule has 4 heteroatoms. The minimum atomic E-state index is -0.303. The zero-order chi connectivity index (χ0) is 11.6. The highest BCUT2D eigenvalue weighted by atomic mass is 79.9. The summed E-state index contributed by atoms with van der Waals surface area (Å²) in [6.07, 6.45) is 1.80. The van der Waals surface area contributed by atoms with Crippen molar-refractivity contribution in [2.24, 2.45) is 0 Å². The number of halogens is 2. The Hall–Kier alpha value is -0.610. The second-order valence-electron chi connectivity index (χ2n) is 4.38. The number of ether oxygens (including phenoxy) is 1. The van der Waals surface area contributed by atoms with Gasteiger partial charge in [0.15, 0.2) is 11.6 Å². The van der Waals surface area contributed by atoms with Crippen molar-refractivity contribution in [1.29, 1.82) is 0 Å². The van der Waals surface area contributed by atoms with E-state index < -0.39 is 0 Å². The van der Waals surface area contributed by atoms with Crippen LogP contribution in [0.25, 0.3) is 0 Å². The molecule has 16 heavy (non-hydrogen) atoms. The Labute approximate surface area is 103 Å². The van der Waals surface area contributed by atoms with Crippen molar-refractivity contribution >= 4 is 15.9 Å². The molecule has 1 N–H and O–H groups in total. The zero-order valence-corrected chi connectivity index (χ0v) is 10.8. The number of nitrogens with one attached hydrogen (secondary N) is 1. The summed E-state index contributed by atoms with van der Waals surface area (Å²) in [4.78, 5) is 0. The summed E-state index contributed by atoms with van der Waals surface area (Å²) in [7, 11) is 0. The van der Waals surface area contributed by atoms with Crippen LogP contribution in [0.4, 0.5) is 4.39 Å². The van der Waals surface area contributed by atoms with Gasteiger partial charge >= 0.3 is 0 Å². The molecule has 1 aromatic carbocycles. The summed E-state index contributed by atoms with van der Waals surface area (Å²) in [6.45, 7) is 3.88. The first-order valence-electron chi connectivity index (χ1n) is 5.44. The average Bonchev–Trinajstić information content (AvgIpc) is 2.24. The number of piperidine rings is 1. The van der Waals surface area contributed by atoms with Crippen molar-refractivity contribution in [1.82, 2.24) is 5.32 Å². The van der Waals surface area contributed by atoms with Crippen LogP contribution >= 0.6 is 15.9 Å². The van der Waals surface area contributed by atoms with Crippen LogP contribution in [0.1, 0.15) is 19.8 Å². The van der Waals surface area contributed by atoms with Crippen LogP contribution in [-0.2, 0) is 0 Å². The van der Waals surface area contributed by atoms with Gasteiger partial charge in [-0.15, -0.1) is 0 Å². The summed E-state index contributed by atoms with van der Waals surface area (Å²) in [6, 6.07) is 4.78. The normalized spacial score (nSPS) is 19.4. The third-order valence-electron chi connectivity index (χ3n) is 2.91. The summed E-state index contributed by atoms with van der Waals surface area (Å²) in [5, 5.41) is 3.27. The molecule has 1 heterocycles. The minimum absolute atomic E-state index is 0.257. The molecule has 2 rings (SSSR count). The topological polar surface area (TPSA) is 21.3 Å². The molecule has 0 spiro atoms. The smallest absolute Gasteiger partial charge is 0.165 e. The maximum absolute atomic E-state index is 13.5. The molecule has 0 saturated carbocycles. The monoisotopic (exact) mass is 287 g/mol. The van der Waals surface area contributed by atoms with Crippen molar-refractivity contribution in [2.75, 3.05) is 13.1 Å². The van der Waals surface area contributed by atoms with E-state index in [1.807, 2.05) is 6.92 Å². The highest BCUT2D eigenvalue weighted by Crippen LogP contribution is 2.29. The van der Waals surface area contributed by atoms with Gasteiger partial charge in [0, 0.05) is 4.47 Å². The minimum Gasteiger partial charge on any atom is -0.484 e. The third kappa shape index (κ3) is 2.74. The molecule has 0 aliphatic carbocycles. The van der Waals surface area contributed by atoms with Crippen LogP contribution in [0.2, 0.25) is 0 Å². The quantitative estimate of drug-likeness (QED) is 0.903. The van der Waals surface area contributed by atoms with Crippen molar-refractivity contribution < 1.29 is 9.13 Å². The Kier molecular flexibility index (Phi) is 3.50. The molecular formula is C12H15BrFNO. The van der Waals surface area contributed by atoms with Crippen LogP contribution in [0.15, 0.2) is 22.7 Å². The van der Waals surface area contributed by atoms with E-state index in [4.69, 9.17) is 4.74 Å². The van der Waals surface area contributed by atoms with Crippen molar-refractivity contribution in [3.05, 3.63) is 28.5 Å². The van der Waals surface area contributed by atoms with Crippen molar-refractivity contribution in [3.63, 3.8) is 0 Å². The van der Waals surface area contributed by atoms with Crippen LogP contribution in [0.3, 0.4) is 0 Å². The predicted octanol–water partition coefficient (Wildman–Crippen LogP) is 3.11. The van der Waals surface area contributed by atoms with Crippen LogP contribution in [0, 0.1) is 5.82 Å². The SMILES string of the molecule is CC1(Oc2cc(Br)ccc2F)CCNCC1. The van der Waals surface area contributed by atoms with Crippen molar-refractivity contribution in [2.45, 2.75) is 25.4 Å². The van der Waals surface area contributed by atoms with Gasteiger partial charge < -0.3 is 10.1 Å². The molecule has 0 atom stereocenters. The molecule has 1 aromatic rings. The Bertz CT molecular complexity index is 377. The lowest BCUT2D eigenvalue weighted by Gasteiger charge is -2.34. The molecule has 88 valence electrons. The molecular weight excluding hydrogens is 273 g/mol. The Balaban J connectivity index is 2.15. The molecule has 2 nitrogen and oxygen atoms in total. The van der Waals surface area contributed by atoms with Gasteiger partial charge in [-0.05, 0) is 51.1 Å². The average molecular weight is 288 g/mol. The Morgan fingerprint density at radius 1 is 1.38 bits per heavy atom. The van der Waals surface area contributed by atoms with E-state index in [1.165, 1.54) is 6.07 Å². The number of rotatable bonds is 2. The van der Waals surface area contributed by atoms with Gasteiger partial charge in [-0.1, -0.05) is 15.9 Å². The van der Waals surface area contributed by atoms with E-state index in [9.17, 15) is 4.39 Å². The molecule has 0 radical (unpaired) electrons. The first-order chi connectivity index (χ1) is 7.59. The van der Waals surface area contributed by atoms with Crippen LogP contribution in [0.5, 0.6) is 5.75 Å². The first kappa shape index (κ1) is 11.9. The molecule has 1 fully saturated rings. The maximum Gasteiger partial charge on any atom is 0.165 e. The number of benzene rings is 1. The van der Waals surface area contributed by atoms with Crippen LogP contribution in [-0.4, -0.2) is 18.7 Å². The van der Waals surface area contributed by atoms with E-state index in [0.717, 1.165) is 30.4 Å². The third-order valence-corrected chi connectivity index (χ3v) is 3.40. The molecule has 0 amide bonds. The highest BCUT2D eigenvalue weighted by Gasteiger charge is 2.29. The lowest BCUT2D eigenvalue weighted by atomic mass is 9.94. The van der Waals surface area contributed by atoms with Gasteiger partial charge in [-0.2, -0.15) is 0 Å². The second-order valence-corrected chi connectivity index (χ2v) is 5.29. The lowest BCUT2D eigenvalue weighted by Crippen LogP contribution is -2.44. The molecule has 0 aromatic heterocycles. The van der Waals surface area contributed by atoms with E-state index in [2.05, 4.69) is 21.2 Å². The van der Waals surface area contributed by atoms with Gasteiger partial charge in [0.1, 0.15) is 5.60 Å². The summed E-state index contributed by atoms with van der Waals surface area (Å²) < 4.78 is 20.2. The first-order valence-corrected chi connectivity index (χ1v) is 6.23. The van der Waals surface area contributed by atoms with E-state index in [-0.39, 0.29) is 11.4 Å². The lowest BCUT2D eigenvalue weighted by molar-refractivity contribution is 0.0514. The van der Waals surface area contributed by atoms with Gasteiger partial charge in [0.2, 0.25) is 0 Å². The van der Waals surface area contributed by atoms with Gasteiger partial charge in [-0.25, -0.2) is 4.39 Å². The van der Waals surface area contributed by atoms with E-state index in [1.54, 1.807) is 12.1 Å². The van der Waals surface area contributed by atoms with Gasteiger partial charge in [0.25, 0.3) is 0 Å². The van der Waals surface area contributed by atoms with Gasteiger partial charge in [0.05, 0.1) is 0 Å². The standard InChI is InChI=1S/C12H15BrFNO/c1-12(4-6-15-7-5-12)16-11-8-9(13)2-3-10(11)14/h2-3,8,15H,4-7H2,1H3. The van der Waals surface area contributed by atoms with Crippen molar-refractivity contribution in [3.8, 4) is 5.75 Å². The molecule has 0 unspecified atom stereocenters. The van der Waals surface area contributed by atoms with Gasteiger partial charge in [-0.3, -0.25) is 0 Å². The fraction of sp³-hybridized carbons (Fsp3) is 0.500. The maximum atomic E-state index is 13.5. The number of hydrogen-bond donors (Lipinski definition) is 1. The summed E-state index contributed by atoms with van der Waals surface area (Å²) in [5.41, 5.74) is -0.257. The second kappa shape index (κ2) is 4.72. The molecule has 1 aliphatic rings.